The van der Waals surface area contributed by atoms with Crippen molar-refractivity contribution in [1.82, 2.24) is 20.5 Å². The summed E-state index contributed by atoms with van der Waals surface area (Å²) in [5.74, 6) is -1.71. The zero-order valence-electron chi connectivity index (χ0n) is 13.4. The van der Waals surface area contributed by atoms with Gasteiger partial charge in [0.1, 0.15) is 19.1 Å². The molecule has 7 nitrogen and oxygen atoms in total. The van der Waals surface area contributed by atoms with Crippen LogP contribution in [0.4, 0.5) is 18.0 Å². The molecule has 138 valence electrons. The molecule has 10 heteroatoms. The highest BCUT2D eigenvalue weighted by Crippen LogP contribution is 2.21. The molecular formula is C16H15F3N4O3. The predicted octanol–water partition coefficient (Wildman–Crippen LogP) is 1.31. The standard InChI is InChI=1S/C16H15F3N4O3/c17-16(18,19)8-21-13(24)7-23-14(25)12(22-15(23)26)5-9-6-20-11-4-2-1-3-10(9)11/h1-4,6,12,20H,5,7-8H2,(H,21,24)(H,22,26). The minimum Gasteiger partial charge on any atom is -0.361 e. The monoisotopic (exact) mass is 368 g/mol. The summed E-state index contributed by atoms with van der Waals surface area (Å²) in [5.41, 5.74) is 1.69. The van der Waals surface area contributed by atoms with Crippen LogP contribution in [0.2, 0.25) is 0 Å². The number of alkyl halides is 3. The van der Waals surface area contributed by atoms with Gasteiger partial charge in [-0.15, -0.1) is 0 Å². The zero-order valence-corrected chi connectivity index (χ0v) is 13.4. The predicted molar refractivity (Wildman–Crippen MR) is 85.1 cm³/mol. The van der Waals surface area contributed by atoms with Crippen LogP contribution in [0.15, 0.2) is 30.5 Å². The number of H-pyrrole nitrogens is 1. The molecule has 2 aromatic rings. The minimum atomic E-state index is -4.56. The highest BCUT2D eigenvalue weighted by Gasteiger charge is 2.39. The van der Waals surface area contributed by atoms with Crippen molar-refractivity contribution in [3.8, 4) is 0 Å². The fourth-order valence-corrected chi connectivity index (χ4v) is 2.78. The van der Waals surface area contributed by atoms with Crippen molar-refractivity contribution in [3.05, 3.63) is 36.0 Å². The van der Waals surface area contributed by atoms with E-state index in [2.05, 4.69) is 10.3 Å². The molecule has 0 aliphatic carbocycles. The number of rotatable bonds is 5. The molecule has 1 aromatic carbocycles. The molecule has 1 aromatic heterocycles. The number of benzene rings is 1. The van der Waals surface area contributed by atoms with Crippen molar-refractivity contribution in [3.63, 3.8) is 0 Å². The van der Waals surface area contributed by atoms with Gasteiger partial charge in [0.2, 0.25) is 5.91 Å². The summed E-state index contributed by atoms with van der Waals surface area (Å²) in [6.07, 6.45) is -2.64. The van der Waals surface area contributed by atoms with Gasteiger partial charge in [-0.1, -0.05) is 18.2 Å². The molecule has 0 bridgehead atoms. The van der Waals surface area contributed by atoms with Crippen LogP contribution in [0.1, 0.15) is 5.56 Å². The number of hydrogen-bond acceptors (Lipinski definition) is 3. The van der Waals surface area contributed by atoms with Crippen LogP contribution in [-0.2, 0) is 16.0 Å². The van der Waals surface area contributed by atoms with Crippen molar-refractivity contribution in [2.75, 3.05) is 13.1 Å². The molecule has 1 atom stereocenters. The molecule has 26 heavy (non-hydrogen) atoms. The topological polar surface area (TPSA) is 94.3 Å². The van der Waals surface area contributed by atoms with Gasteiger partial charge in [0.25, 0.3) is 5.91 Å². The van der Waals surface area contributed by atoms with Crippen LogP contribution in [-0.4, -0.2) is 53.0 Å². The maximum Gasteiger partial charge on any atom is 0.405 e. The number of hydrogen-bond donors (Lipinski definition) is 3. The van der Waals surface area contributed by atoms with E-state index in [9.17, 15) is 27.6 Å². The second kappa shape index (κ2) is 6.70. The van der Waals surface area contributed by atoms with E-state index in [1.807, 2.05) is 24.3 Å². The van der Waals surface area contributed by atoms with Gasteiger partial charge >= 0.3 is 12.2 Å². The van der Waals surface area contributed by atoms with Crippen LogP contribution >= 0.6 is 0 Å². The Morgan fingerprint density at radius 1 is 1.23 bits per heavy atom. The number of carbonyl (C=O) groups is 3. The minimum absolute atomic E-state index is 0.204. The zero-order chi connectivity index (χ0) is 18.9. The Morgan fingerprint density at radius 2 is 1.96 bits per heavy atom. The van der Waals surface area contributed by atoms with Crippen molar-refractivity contribution in [2.45, 2.75) is 18.6 Å². The number of para-hydroxylation sites is 1. The van der Waals surface area contributed by atoms with Gasteiger partial charge in [-0.25, -0.2) is 4.79 Å². The largest absolute Gasteiger partial charge is 0.405 e. The Hall–Kier alpha value is -3.04. The number of aromatic nitrogens is 1. The number of nitrogens with zero attached hydrogens (tertiary/aromatic N) is 1. The molecule has 0 saturated carbocycles. The van der Waals surface area contributed by atoms with Crippen LogP contribution in [0, 0.1) is 0 Å². The third-order valence-electron chi connectivity index (χ3n) is 3.99. The molecule has 1 unspecified atom stereocenters. The quantitative estimate of drug-likeness (QED) is 0.695. The number of urea groups is 1. The summed E-state index contributed by atoms with van der Waals surface area (Å²) < 4.78 is 36.3. The summed E-state index contributed by atoms with van der Waals surface area (Å²) in [6.45, 7) is -2.28. The average molecular weight is 368 g/mol. The summed E-state index contributed by atoms with van der Waals surface area (Å²) in [5, 5.41) is 4.99. The SMILES string of the molecule is O=C(CN1C(=O)NC(Cc2c[nH]c3ccccc23)C1=O)NCC(F)(F)F. The van der Waals surface area contributed by atoms with Crippen LogP contribution in [0.5, 0.6) is 0 Å². The lowest BCUT2D eigenvalue weighted by molar-refractivity contribution is -0.140. The van der Waals surface area contributed by atoms with E-state index >= 15 is 0 Å². The number of nitrogens with one attached hydrogen (secondary N) is 3. The fourth-order valence-electron chi connectivity index (χ4n) is 2.78. The van der Waals surface area contributed by atoms with Crippen molar-refractivity contribution >= 4 is 28.7 Å². The second-order valence-electron chi connectivity index (χ2n) is 5.88. The molecule has 3 N–H and O–H groups in total. The van der Waals surface area contributed by atoms with E-state index in [0.717, 1.165) is 16.5 Å². The molecule has 0 spiro atoms. The Kier molecular flexibility index (Phi) is 4.58. The molecule has 1 aliphatic heterocycles. The number of aromatic amines is 1. The smallest absolute Gasteiger partial charge is 0.361 e. The Bertz CT molecular complexity index is 862. The molecule has 4 amide bonds. The fraction of sp³-hybridized carbons (Fsp3) is 0.312. The first kappa shape index (κ1) is 17.8. The van der Waals surface area contributed by atoms with Crippen molar-refractivity contribution in [2.24, 2.45) is 0 Å². The Balaban J connectivity index is 1.64. The lowest BCUT2D eigenvalue weighted by Crippen LogP contribution is -2.43. The molecule has 2 heterocycles. The van der Waals surface area contributed by atoms with Gasteiger partial charge in [0.05, 0.1) is 0 Å². The molecular weight excluding hydrogens is 353 g/mol. The van der Waals surface area contributed by atoms with Gasteiger partial charge in [-0.3, -0.25) is 14.5 Å². The Labute approximate surface area is 145 Å². The third-order valence-corrected chi connectivity index (χ3v) is 3.99. The molecule has 0 radical (unpaired) electrons. The second-order valence-corrected chi connectivity index (χ2v) is 5.88. The summed E-state index contributed by atoms with van der Waals surface area (Å²) in [4.78, 5) is 39.5. The normalized spacial score (nSPS) is 17.7. The van der Waals surface area contributed by atoms with Gasteiger partial charge in [0, 0.05) is 23.5 Å². The summed E-state index contributed by atoms with van der Waals surface area (Å²) >= 11 is 0. The van der Waals surface area contributed by atoms with Crippen LogP contribution in [0.25, 0.3) is 10.9 Å². The first-order chi connectivity index (χ1) is 12.2. The van der Waals surface area contributed by atoms with E-state index in [1.54, 1.807) is 11.5 Å². The maximum absolute atomic E-state index is 12.3. The molecule has 1 aliphatic rings. The first-order valence-corrected chi connectivity index (χ1v) is 7.75. The third kappa shape index (κ3) is 3.79. The average Bonchev–Trinajstić information content (AvgIpc) is 3.09. The molecule has 1 fully saturated rings. The summed E-state index contributed by atoms with van der Waals surface area (Å²) in [6, 6.07) is 5.74. The van der Waals surface area contributed by atoms with E-state index in [1.165, 1.54) is 0 Å². The molecule has 3 rings (SSSR count). The lowest BCUT2D eigenvalue weighted by Gasteiger charge is -2.13. The van der Waals surface area contributed by atoms with Crippen LogP contribution in [0.3, 0.4) is 0 Å². The lowest BCUT2D eigenvalue weighted by atomic mass is 10.1. The first-order valence-electron chi connectivity index (χ1n) is 7.75. The number of fused-ring (bicyclic) bond motifs is 1. The van der Waals surface area contributed by atoms with E-state index in [4.69, 9.17) is 0 Å². The van der Waals surface area contributed by atoms with Crippen molar-refractivity contribution in [1.29, 1.82) is 0 Å². The van der Waals surface area contributed by atoms with E-state index < -0.39 is 43.2 Å². The van der Waals surface area contributed by atoms with Gasteiger partial charge in [-0.2, -0.15) is 13.2 Å². The highest BCUT2D eigenvalue weighted by atomic mass is 19.4. The van der Waals surface area contributed by atoms with Crippen LogP contribution < -0.4 is 10.6 Å². The number of imide groups is 1. The van der Waals surface area contributed by atoms with Gasteiger partial charge in [0.15, 0.2) is 0 Å². The number of amides is 4. The van der Waals surface area contributed by atoms with Gasteiger partial charge < -0.3 is 15.6 Å². The van der Waals surface area contributed by atoms with E-state index in [0.29, 0.717) is 4.90 Å². The Morgan fingerprint density at radius 3 is 2.69 bits per heavy atom. The maximum atomic E-state index is 12.3. The van der Waals surface area contributed by atoms with Gasteiger partial charge in [-0.05, 0) is 11.6 Å². The van der Waals surface area contributed by atoms with Crippen molar-refractivity contribution < 1.29 is 27.6 Å². The van der Waals surface area contributed by atoms with E-state index in [-0.39, 0.29) is 6.42 Å². The number of halogens is 3. The summed E-state index contributed by atoms with van der Waals surface area (Å²) in [7, 11) is 0. The number of carbonyl (C=O) groups excluding carboxylic acids is 3. The highest BCUT2D eigenvalue weighted by molar-refractivity contribution is 6.06. The molecule has 1 saturated heterocycles.